The lowest BCUT2D eigenvalue weighted by molar-refractivity contribution is 0.154. The molecular weight excluding hydrogens is 280 g/mol. The van der Waals surface area contributed by atoms with Gasteiger partial charge in [-0.1, -0.05) is 12.8 Å². The number of hydrogen-bond donors (Lipinski definition) is 2. The predicted octanol–water partition coefficient (Wildman–Crippen LogP) is 2.16. The molecule has 0 spiro atoms. The Balaban J connectivity index is 1.97. The smallest absolute Gasteiger partial charge is 0.131 e. The summed E-state index contributed by atoms with van der Waals surface area (Å²) in [5.74, 6) is 2.44. The molecule has 1 aliphatic carbocycles. The van der Waals surface area contributed by atoms with Gasteiger partial charge in [0.15, 0.2) is 0 Å². The van der Waals surface area contributed by atoms with E-state index in [1.807, 2.05) is 0 Å². The van der Waals surface area contributed by atoms with Gasteiger partial charge in [-0.3, -0.25) is 4.90 Å². The summed E-state index contributed by atoms with van der Waals surface area (Å²) in [4.78, 5) is 2.52. The van der Waals surface area contributed by atoms with Gasteiger partial charge in [-0.15, -0.1) is 0 Å². The molecule has 0 radical (unpaired) electrons. The van der Waals surface area contributed by atoms with Crippen LogP contribution >= 0.6 is 0 Å². The van der Waals surface area contributed by atoms with Crippen molar-refractivity contribution in [3.05, 3.63) is 17.7 Å². The summed E-state index contributed by atoms with van der Waals surface area (Å²) in [6, 6.07) is 3.68. The molecule has 2 N–H and O–H groups in total. The second-order valence-corrected chi connectivity index (χ2v) is 6.24. The molecule has 3 rings (SSSR count). The van der Waals surface area contributed by atoms with E-state index in [4.69, 9.17) is 9.47 Å². The molecule has 1 aliphatic heterocycles. The van der Waals surface area contributed by atoms with E-state index in [1.165, 1.54) is 12.8 Å². The zero-order valence-corrected chi connectivity index (χ0v) is 13.5. The van der Waals surface area contributed by atoms with Crippen molar-refractivity contribution in [3.63, 3.8) is 0 Å². The molecular formula is C17H26N2O3. The molecule has 1 saturated carbocycles. The Morgan fingerprint density at radius 2 is 1.77 bits per heavy atom. The first-order valence-corrected chi connectivity index (χ1v) is 8.12. The van der Waals surface area contributed by atoms with E-state index >= 15 is 0 Å². The van der Waals surface area contributed by atoms with Crippen molar-refractivity contribution in [1.82, 2.24) is 10.2 Å². The first-order valence-electron chi connectivity index (χ1n) is 8.12. The molecule has 22 heavy (non-hydrogen) atoms. The van der Waals surface area contributed by atoms with E-state index in [0.717, 1.165) is 55.6 Å². The molecule has 1 heterocycles. The molecule has 1 atom stereocenters. The Labute approximate surface area is 132 Å². The number of nitrogens with zero attached hydrogens (tertiary/aromatic N) is 1. The van der Waals surface area contributed by atoms with Gasteiger partial charge in [0, 0.05) is 44.4 Å². The highest BCUT2D eigenvalue weighted by Gasteiger charge is 2.34. The quantitative estimate of drug-likeness (QED) is 0.843. The summed E-state index contributed by atoms with van der Waals surface area (Å²) < 4.78 is 11.1. The van der Waals surface area contributed by atoms with Crippen LogP contribution in [0.2, 0.25) is 0 Å². The Morgan fingerprint density at radius 1 is 1.18 bits per heavy atom. The van der Waals surface area contributed by atoms with Gasteiger partial charge in [0.2, 0.25) is 0 Å². The van der Waals surface area contributed by atoms with Gasteiger partial charge in [0.05, 0.1) is 19.8 Å². The van der Waals surface area contributed by atoms with Crippen molar-refractivity contribution in [1.29, 1.82) is 0 Å². The number of methoxy groups -OCH3 is 2. The van der Waals surface area contributed by atoms with E-state index < -0.39 is 0 Å². The van der Waals surface area contributed by atoms with Crippen molar-refractivity contribution in [3.8, 4) is 17.2 Å². The van der Waals surface area contributed by atoms with Crippen LogP contribution in [0.4, 0.5) is 0 Å². The van der Waals surface area contributed by atoms with E-state index in [9.17, 15) is 5.11 Å². The highest BCUT2D eigenvalue weighted by Crippen LogP contribution is 2.46. The summed E-state index contributed by atoms with van der Waals surface area (Å²) >= 11 is 0. The van der Waals surface area contributed by atoms with Crippen LogP contribution < -0.4 is 14.8 Å². The van der Waals surface area contributed by atoms with E-state index in [2.05, 4.69) is 10.2 Å². The van der Waals surface area contributed by atoms with Gasteiger partial charge in [0.25, 0.3) is 0 Å². The summed E-state index contributed by atoms with van der Waals surface area (Å²) in [5.41, 5.74) is 1.08. The van der Waals surface area contributed by atoms with Crippen LogP contribution in [-0.4, -0.2) is 50.4 Å². The predicted molar refractivity (Wildman–Crippen MR) is 85.7 cm³/mol. The second-order valence-electron chi connectivity index (χ2n) is 6.24. The molecule has 122 valence electrons. The highest BCUT2D eigenvalue weighted by molar-refractivity contribution is 5.52. The molecule has 2 aliphatic rings. The zero-order valence-electron chi connectivity index (χ0n) is 13.5. The van der Waals surface area contributed by atoms with Crippen molar-refractivity contribution in [2.75, 3.05) is 40.4 Å². The van der Waals surface area contributed by atoms with Crippen LogP contribution in [0.3, 0.4) is 0 Å². The molecule has 1 aromatic carbocycles. The summed E-state index contributed by atoms with van der Waals surface area (Å²) in [5, 5.41) is 13.3. The van der Waals surface area contributed by atoms with Crippen LogP contribution in [0, 0.1) is 5.92 Å². The number of benzene rings is 1. The third-order valence-corrected chi connectivity index (χ3v) is 4.71. The van der Waals surface area contributed by atoms with Crippen molar-refractivity contribution in [2.45, 2.75) is 25.3 Å². The largest absolute Gasteiger partial charge is 0.508 e. The third-order valence-electron chi connectivity index (χ3n) is 4.71. The van der Waals surface area contributed by atoms with Gasteiger partial charge in [-0.2, -0.15) is 0 Å². The zero-order chi connectivity index (χ0) is 15.5. The van der Waals surface area contributed by atoms with Gasteiger partial charge in [-0.25, -0.2) is 0 Å². The van der Waals surface area contributed by atoms with Crippen LogP contribution in [0.25, 0.3) is 0 Å². The van der Waals surface area contributed by atoms with Crippen LogP contribution in [0.5, 0.6) is 17.2 Å². The number of ether oxygens (including phenoxy) is 2. The van der Waals surface area contributed by atoms with Crippen molar-refractivity contribution in [2.24, 2.45) is 5.92 Å². The van der Waals surface area contributed by atoms with Gasteiger partial charge in [-0.05, 0) is 12.3 Å². The minimum atomic E-state index is 0.183. The summed E-state index contributed by atoms with van der Waals surface area (Å²) in [6.45, 7) is 4.10. The fourth-order valence-electron chi connectivity index (χ4n) is 3.37. The maximum absolute atomic E-state index is 9.88. The minimum Gasteiger partial charge on any atom is -0.508 e. The lowest BCUT2D eigenvalue weighted by Crippen LogP contribution is -2.45. The number of piperazine rings is 1. The van der Waals surface area contributed by atoms with E-state index in [1.54, 1.807) is 26.4 Å². The minimum absolute atomic E-state index is 0.183. The number of hydrogen-bond acceptors (Lipinski definition) is 5. The summed E-state index contributed by atoms with van der Waals surface area (Å²) in [6.07, 6.45) is 3.79. The number of phenolic OH excluding ortho intramolecular Hbond substituents is 1. The summed E-state index contributed by atoms with van der Waals surface area (Å²) in [7, 11) is 3.31. The molecule has 0 aromatic heterocycles. The van der Waals surface area contributed by atoms with Crippen LogP contribution in [0.1, 0.15) is 30.9 Å². The van der Waals surface area contributed by atoms with E-state index in [0.29, 0.717) is 6.04 Å². The first kappa shape index (κ1) is 15.4. The Kier molecular flexibility index (Phi) is 4.74. The fourth-order valence-corrected chi connectivity index (χ4v) is 3.37. The van der Waals surface area contributed by atoms with Crippen molar-refractivity contribution >= 4 is 0 Å². The van der Waals surface area contributed by atoms with E-state index in [-0.39, 0.29) is 5.75 Å². The molecule has 5 nitrogen and oxygen atoms in total. The van der Waals surface area contributed by atoms with Crippen molar-refractivity contribution < 1.29 is 14.6 Å². The topological polar surface area (TPSA) is 54.0 Å². The maximum Gasteiger partial charge on any atom is 0.131 e. The monoisotopic (exact) mass is 306 g/mol. The molecule has 1 saturated heterocycles. The normalized spacial score (nSPS) is 20.6. The number of nitrogens with one attached hydrogen (secondary N) is 1. The number of rotatable bonds is 6. The lowest BCUT2D eigenvalue weighted by atomic mass is 9.96. The maximum atomic E-state index is 9.88. The molecule has 0 unspecified atom stereocenters. The fraction of sp³-hybridized carbons (Fsp3) is 0.647. The molecule has 0 bridgehead atoms. The lowest BCUT2D eigenvalue weighted by Gasteiger charge is -2.36. The van der Waals surface area contributed by atoms with Crippen LogP contribution in [-0.2, 0) is 0 Å². The SMILES string of the molecule is COc1cc(O)cc(OC)c1[C@H](CC1CC1)N1CCNCC1. The second kappa shape index (κ2) is 6.75. The van der Waals surface area contributed by atoms with Gasteiger partial charge < -0.3 is 19.9 Å². The molecule has 5 heteroatoms. The van der Waals surface area contributed by atoms with Gasteiger partial charge in [0.1, 0.15) is 17.2 Å². The average molecular weight is 306 g/mol. The standard InChI is InChI=1S/C17H26N2O3/c1-21-15-10-13(20)11-16(22-2)17(15)14(9-12-3-4-12)19-7-5-18-6-8-19/h10-12,14,18,20H,3-9H2,1-2H3/t14-/m0/s1. The van der Waals surface area contributed by atoms with Gasteiger partial charge >= 0.3 is 0 Å². The molecule has 1 aromatic rings. The number of phenols is 1. The van der Waals surface area contributed by atoms with Crippen LogP contribution in [0.15, 0.2) is 12.1 Å². The number of aromatic hydroxyl groups is 1. The molecule has 2 fully saturated rings. The average Bonchev–Trinajstić information content (AvgIpc) is 3.37. The Morgan fingerprint density at radius 3 is 2.27 bits per heavy atom. The first-order chi connectivity index (χ1) is 10.7. The Bertz CT molecular complexity index is 486. The molecule has 0 amide bonds. The third kappa shape index (κ3) is 3.31. The Hall–Kier alpha value is -1.46. The highest BCUT2D eigenvalue weighted by atomic mass is 16.5.